The summed E-state index contributed by atoms with van der Waals surface area (Å²) in [6, 6.07) is 3.32. The molecule has 0 bridgehead atoms. The third-order valence-electron chi connectivity index (χ3n) is 2.21. The number of nitrogens with two attached hydrogens (primary N) is 1. The lowest BCUT2D eigenvalue weighted by molar-refractivity contribution is 0.0773. The van der Waals surface area contributed by atoms with E-state index in [4.69, 9.17) is 5.84 Å². The molecule has 0 spiro atoms. The van der Waals surface area contributed by atoms with Gasteiger partial charge in [0.1, 0.15) is 5.82 Å². The van der Waals surface area contributed by atoms with Gasteiger partial charge in [-0.15, -0.1) is 0 Å². The monoisotopic (exact) mass is 208 g/mol. The van der Waals surface area contributed by atoms with E-state index in [1.807, 2.05) is 13.8 Å². The summed E-state index contributed by atoms with van der Waals surface area (Å²) in [6.07, 6.45) is 1.56. The fourth-order valence-electron chi connectivity index (χ4n) is 1.34. The first-order valence-corrected chi connectivity index (χ1v) is 4.94. The maximum absolute atomic E-state index is 11.9. The highest BCUT2D eigenvalue weighted by Crippen LogP contribution is 2.08. The van der Waals surface area contributed by atoms with Gasteiger partial charge in [0.25, 0.3) is 5.91 Å². The summed E-state index contributed by atoms with van der Waals surface area (Å²) in [5.74, 6) is 5.72. The van der Waals surface area contributed by atoms with Crippen LogP contribution in [0.25, 0.3) is 0 Å². The maximum atomic E-state index is 11.9. The standard InChI is InChI=1S/C10H16N4O/c1-3-14(4-2)10(15)8-5-6-12-9(7-8)13-11/h5-7H,3-4,11H2,1-2H3,(H,12,13). The van der Waals surface area contributed by atoms with Crippen LogP contribution >= 0.6 is 0 Å². The van der Waals surface area contributed by atoms with E-state index in [0.29, 0.717) is 24.5 Å². The van der Waals surface area contributed by atoms with Crippen LogP contribution in [-0.4, -0.2) is 28.9 Å². The van der Waals surface area contributed by atoms with Crippen molar-refractivity contribution in [1.29, 1.82) is 0 Å². The summed E-state index contributed by atoms with van der Waals surface area (Å²) in [5, 5.41) is 0. The van der Waals surface area contributed by atoms with Crippen molar-refractivity contribution in [3.63, 3.8) is 0 Å². The van der Waals surface area contributed by atoms with Crippen LogP contribution in [0.2, 0.25) is 0 Å². The summed E-state index contributed by atoms with van der Waals surface area (Å²) in [7, 11) is 0. The third kappa shape index (κ3) is 2.66. The molecule has 1 amide bonds. The molecule has 0 saturated carbocycles. The second kappa shape index (κ2) is 5.31. The lowest BCUT2D eigenvalue weighted by atomic mass is 10.2. The maximum Gasteiger partial charge on any atom is 0.254 e. The van der Waals surface area contributed by atoms with Gasteiger partial charge in [0, 0.05) is 24.8 Å². The number of anilines is 1. The Morgan fingerprint density at radius 1 is 1.53 bits per heavy atom. The number of carbonyl (C=O) groups is 1. The second-order valence-electron chi connectivity index (χ2n) is 3.05. The summed E-state index contributed by atoms with van der Waals surface area (Å²) >= 11 is 0. The SMILES string of the molecule is CCN(CC)C(=O)c1ccnc(NN)c1. The molecule has 0 radical (unpaired) electrons. The van der Waals surface area contributed by atoms with E-state index in [0.717, 1.165) is 0 Å². The quantitative estimate of drug-likeness (QED) is 0.568. The van der Waals surface area contributed by atoms with Crippen LogP contribution in [-0.2, 0) is 0 Å². The Kier molecular flexibility index (Phi) is 4.05. The van der Waals surface area contributed by atoms with Crippen LogP contribution in [0.15, 0.2) is 18.3 Å². The van der Waals surface area contributed by atoms with Gasteiger partial charge in [-0.1, -0.05) is 0 Å². The lowest BCUT2D eigenvalue weighted by Gasteiger charge is -2.18. The van der Waals surface area contributed by atoms with E-state index in [1.165, 1.54) is 0 Å². The average Bonchev–Trinajstić information content (AvgIpc) is 2.30. The minimum Gasteiger partial charge on any atom is -0.339 e. The number of hydrazine groups is 1. The van der Waals surface area contributed by atoms with Crippen LogP contribution in [0.3, 0.4) is 0 Å². The molecule has 0 atom stereocenters. The van der Waals surface area contributed by atoms with Crippen molar-refractivity contribution in [3.05, 3.63) is 23.9 Å². The Balaban J connectivity index is 2.90. The molecule has 0 aliphatic heterocycles. The smallest absolute Gasteiger partial charge is 0.254 e. The number of nitrogens with zero attached hydrogens (tertiary/aromatic N) is 2. The minimum absolute atomic E-state index is 0.00102. The molecule has 15 heavy (non-hydrogen) atoms. The van der Waals surface area contributed by atoms with E-state index < -0.39 is 0 Å². The van der Waals surface area contributed by atoms with Crippen LogP contribution in [0, 0.1) is 0 Å². The van der Waals surface area contributed by atoms with Crippen LogP contribution < -0.4 is 11.3 Å². The van der Waals surface area contributed by atoms with Gasteiger partial charge in [0.2, 0.25) is 0 Å². The lowest BCUT2D eigenvalue weighted by Crippen LogP contribution is -2.30. The van der Waals surface area contributed by atoms with E-state index in [-0.39, 0.29) is 5.91 Å². The first-order chi connectivity index (χ1) is 7.22. The largest absolute Gasteiger partial charge is 0.339 e. The number of nitrogens with one attached hydrogen (secondary N) is 1. The summed E-state index contributed by atoms with van der Waals surface area (Å²) in [6.45, 7) is 5.29. The first kappa shape index (κ1) is 11.5. The molecule has 82 valence electrons. The van der Waals surface area contributed by atoms with Gasteiger partial charge >= 0.3 is 0 Å². The number of nitrogen functional groups attached to an aromatic ring is 1. The van der Waals surface area contributed by atoms with Gasteiger partial charge in [-0.05, 0) is 26.0 Å². The summed E-state index contributed by atoms with van der Waals surface area (Å²) in [5.41, 5.74) is 3.01. The molecule has 0 aliphatic rings. The van der Waals surface area contributed by atoms with Gasteiger partial charge in [-0.2, -0.15) is 0 Å². The molecule has 5 nitrogen and oxygen atoms in total. The van der Waals surface area contributed by atoms with E-state index in [2.05, 4.69) is 10.4 Å². The van der Waals surface area contributed by atoms with Crippen molar-refractivity contribution >= 4 is 11.7 Å². The van der Waals surface area contributed by atoms with Crippen molar-refractivity contribution in [2.45, 2.75) is 13.8 Å². The zero-order valence-corrected chi connectivity index (χ0v) is 9.03. The van der Waals surface area contributed by atoms with Crippen LogP contribution in [0.5, 0.6) is 0 Å². The molecule has 0 fully saturated rings. The van der Waals surface area contributed by atoms with Crippen molar-refractivity contribution in [2.75, 3.05) is 18.5 Å². The van der Waals surface area contributed by atoms with Crippen LogP contribution in [0.4, 0.5) is 5.82 Å². The number of pyridine rings is 1. The predicted octanol–water partition coefficient (Wildman–Crippen LogP) is 0.849. The van der Waals surface area contributed by atoms with Crippen molar-refractivity contribution in [3.8, 4) is 0 Å². The molecule has 1 aromatic heterocycles. The highest BCUT2D eigenvalue weighted by Gasteiger charge is 2.12. The summed E-state index contributed by atoms with van der Waals surface area (Å²) < 4.78 is 0. The number of hydrogen-bond donors (Lipinski definition) is 2. The average molecular weight is 208 g/mol. The number of aromatic nitrogens is 1. The molecule has 1 rings (SSSR count). The van der Waals surface area contributed by atoms with E-state index in [9.17, 15) is 4.79 Å². The molecule has 0 unspecified atom stereocenters. The van der Waals surface area contributed by atoms with Gasteiger partial charge in [0.05, 0.1) is 0 Å². The molecular weight excluding hydrogens is 192 g/mol. The minimum atomic E-state index is -0.00102. The van der Waals surface area contributed by atoms with E-state index >= 15 is 0 Å². The molecule has 5 heteroatoms. The molecule has 0 saturated heterocycles. The highest BCUT2D eigenvalue weighted by molar-refractivity contribution is 5.94. The Bertz CT molecular complexity index is 336. The Morgan fingerprint density at radius 2 is 2.20 bits per heavy atom. The number of carbonyl (C=O) groups excluding carboxylic acids is 1. The van der Waals surface area contributed by atoms with Crippen molar-refractivity contribution < 1.29 is 4.79 Å². The number of hydrogen-bond acceptors (Lipinski definition) is 4. The topological polar surface area (TPSA) is 71.2 Å². The van der Waals surface area contributed by atoms with Gasteiger partial charge in [-0.25, -0.2) is 10.8 Å². The van der Waals surface area contributed by atoms with Gasteiger partial charge in [-0.3, -0.25) is 4.79 Å². The molecule has 1 aromatic rings. The summed E-state index contributed by atoms with van der Waals surface area (Å²) in [4.78, 5) is 17.6. The molecule has 1 heterocycles. The Hall–Kier alpha value is -1.62. The Labute approximate surface area is 89.3 Å². The fourth-order valence-corrected chi connectivity index (χ4v) is 1.34. The van der Waals surface area contributed by atoms with Crippen molar-refractivity contribution in [1.82, 2.24) is 9.88 Å². The number of rotatable bonds is 4. The van der Waals surface area contributed by atoms with Crippen molar-refractivity contribution in [2.24, 2.45) is 5.84 Å². The zero-order valence-electron chi connectivity index (χ0n) is 9.03. The van der Waals surface area contributed by atoms with Gasteiger partial charge < -0.3 is 10.3 Å². The Morgan fingerprint density at radius 3 is 2.73 bits per heavy atom. The normalized spacial score (nSPS) is 9.80. The van der Waals surface area contributed by atoms with Crippen LogP contribution in [0.1, 0.15) is 24.2 Å². The second-order valence-corrected chi connectivity index (χ2v) is 3.05. The molecular formula is C10H16N4O. The predicted molar refractivity (Wildman–Crippen MR) is 59.3 cm³/mol. The van der Waals surface area contributed by atoms with E-state index in [1.54, 1.807) is 23.2 Å². The third-order valence-corrected chi connectivity index (χ3v) is 2.21. The fraction of sp³-hybridized carbons (Fsp3) is 0.400. The first-order valence-electron chi connectivity index (χ1n) is 4.94. The highest BCUT2D eigenvalue weighted by atomic mass is 16.2. The molecule has 0 aromatic carbocycles. The molecule has 0 aliphatic carbocycles. The molecule has 3 N–H and O–H groups in total. The van der Waals surface area contributed by atoms with Gasteiger partial charge in [0.15, 0.2) is 0 Å². The number of amides is 1. The zero-order chi connectivity index (χ0) is 11.3.